The minimum Gasteiger partial charge on any atom is -0.465 e. The summed E-state index contributed by atoms with van der Waals surface area (Å²) < 4.78 is 64.7. The number of rotatable bonds is 7. The third-order valence-electron chi connectivity index (χ3n) is 5.95. The van der Waals surface area contributed by atoms with Gasteiger partial charge in [0.1, 0.15) is 5.60 Å². The Morgan fingerprint density at radius 3 is 2.33 bits per heavy atom. The number of nitrogens with zero attached hydrogens (tertiary/aromatic N) is 1. The highest BCUT2D eigenvalue weighted by Crippen LogP contribution is 2.34. The van der Waals surface area contributed by atoms with E-state index >= 15 is 0 Å². The van der Waals surface area contributed by atoms with Crippen LogP contribution >= 0.6 is 0 Å². The SMILES string of the molecule is CCc1ccc(C(=O)OC)cc1S(=O)(=O)Nc1cc(S(C)(=O)=O)ccc1C1=CN(C(=O)OC(C)(C)C)CCC1. The van der Waals surface area contributed by atoms with Crippen molar-refractivity contribution in [3.05, 3.63) is 59.3 Å². The smallest absolute Gasteiger partial charge is 0.414 e. The maximum Gasteiger partial charge on any atom is 0.414 e. The van der Waals surface area contributed by atoms with Crippen LogP contribution in [0.1, 0.15) is 62.0 Å². The molecule has 0 saturated carbocycles. The van der Waals surface area contributed by atoms with Gasteiger partial charge in [0.15, 0.2) is 9.84 Å². The van der Waals surface area contributed by atoms with Crippen LogP contribution in [0.2, 0.25) is 0 Å². The van der Waals surface area contributed by atoms with E-state index < -0.39 is 37.5 Å². The zero-order chi connectivity index (χ0) is 29.2. The summed E-state index contributed by atoms with van der Waals surface area (Å²) in [6.45, 7) is 7.48. The maximum atomic E-state index is 13.7. The number of nitrogens with one attached hydrogen (secondary N) is 1. The van der Waals surface area contributed by atoms with Crippen LogP contribution in [0.3, 0.4) is 0 Å². The summed E-state index contributed by atoms with van der Waals surface area (Å²) in [4.78, 5) is 26.0. The van der Waals surface area contributed by atoms with E-state index in [0.717, 1.165) is 6.26 Å². The average Bonchev–Trinajstić information content (AvgIpc) is 2.86. The van der Waals surface area contributed by atoms with Crippen LogP contribution in [0, 0.1) is 0 Å². The lowest BCUT2D eigenvalue weighted by Gasteiger charge is -2.29. The van der Waals surface area contributed by atoms with E-state index in [1.807, 2.05) is 0 Å². The van der Waals surface area contributed by atoms with Gasteiger partial charge in [-0.3, -0.25) is 9.62 Å². The van der Waals surface area contributed by atoms with E-state index in [0.29, 0.717) is 42.5 Å². The molecule has 2 aromatic rings. The second-order valence-electron chi connectivity index (χ2n) is 10.2. The van der Waals surface area contributed by atoms with Crippen molar-refractivity contribution in [2.24, 2.45) is 0 Å². The molecule has 0 saturated heterocycles. The largest absolute Gasteiger partial charge is 0.465 e. The van der Waals surface area contributed by atoms with Crippen molar-refractivity contribution in [2.45, 2.75) is 62.3 Å². The van der Waals surface area contributed by atoms with Crippen molar-refractivity contribution in [1.82, 2.24) is 4.90 Å². The molecule has 0 aromatic heterocycles. The molecule has 0 atom stereocenters. The quantitative estimate of drug-likeness (QED) is 0.471. The second-order valence-corrected chi connectivity index (χ2v) is 13.9. The van der Waals surface area contributed by atoms with Gasteiger partial charge in [0.2, 0.25) is 0 Å². The molecule has 10 nitrogen and oxygen atoms in total. The number of carbonyl (C=O) groups excluding carboxylic acids is 2. The molecule has 212 valence electrons. The Labute approximate surface area is 230 Å². The molecule has 0 aliphatic carbocycles. The summed E-state index contributed by atoms with van der Waals surface area (Å²) in [7, 11) is -6.76. The molecule has 1 aliphatic rings. The normalized spacial score (nSPS) is 14.4. The van der Waals surface area contributed by atoms with Crippen LogP contribution in [-0.4, -0.2) is 59.3 Å². The fourth-order valence-electron chi connectivity index (χ4n) is 4.09. The molecule has 1 heterocycles. The lowest BCUT2D eigenvalue weighted by Crippen LogP contribution is -2.35. The number of amides is 1. The molecule has 12 heteroatoms. The topological polar surface area (TPSA) is 136 Å². The number of sulfonamides is 1. The Hall–Kier alpha value is -3.38. The second kappa shape index (κ2) is 11.4. The van der Waals surface area contributed by atoms with Gasteiger partial charge >= 0.3 is 12.1 Å². The third-order valence-corrected chi connectivity index (χ3v) is 8.51. The lowest BCUT2D eigenvalue weighted by molar-refractivity contribution is 0.0329. The van der Waals surface area contributed by atoms with Crippen LogP contribution in [0.5, 0.6) is 0 Å². The molecule has 0 unspecified atom stereocenters. The van der Waals surface area contributed by atoms with Crippen molar-refractivity contribution in [3.63, 3.8) is 0 Å². The van der Waals surface area contributed by atoms with Crippen molar-refractivity contribution in [3.8, 4) is 0 Å². The first-order valence-corrected chi connectivity index (χ1v) is 15.7. The predicted octanol–water partition coefficient (Wildman–Crippen LogP) is 4.61. The summed E-state index contributed by atoms with van der Waals surface area (Å²) in [5.41, 5.74) is 0.897. The number of allylic oxidation sites excluding steroid dienone is 1. The minimum atomic E-state index is -4.28. The summed E-state index contributed by atoms with van der Waals surface area (Å²) in [6.07, 6.45) is 3.56. The number of methoxy groups -OCH3 is 1. The highest BCUT2D eigenvalue weighted by molar-refractivity contribution is 7.92. The van der Waals surface area contributed by atoms with Crippen LogP contribution in [0.4, 0.5) is 10.5 Å². The summed E-state index contributed by atoms with van der Waals surface area (Å²) in [5.74, 6) is -0.691. The van der Waals surface area contributed by atoms with E-state index in [1.165, 1.54) is 48.4 Å². The maximum absolute atomic E-state index is 13.7. The Morgan fingerprint density at radius 2 is 1.74 bits per heavy atom. The Kier molecular flexibility index (Phi) is 8.81. The standard InChI is InChI=1S/C27H34N2O8S2/c1-7-18-10-11-19(25(30)36-5)15-24(18)39(34,35)28-23-16-21(38(6,32)33)12-13-22(23)20-9-8-14-29(17-20)26(31)37-27(2,3)4/h10-13,15-17,28H,7-9,14H2,1-6H3. The highest BCUT2D eigenvalue weighted by Gasteiger charge is 2.27. The minimum absolute atomic E-state index is 0.0285. The number of aryl methyl sites for hydroxylation is 1. The molecule has 0 bridgehead atoms. The summed E-state index contributed by atoms with van der Waals surface area (Å²) >= 11 is 0. The van der Waals surface area contributed by atoms with Crippen LogP contribution < -0.4 is 4.72 Å². The van der Waals surface area contributed by atoms with Crippen molar-refractivity contribution < 1.29 is 35.9 Å². The molecule has 0 spiro atoms. The fourth-order valence-corrected chi connectivity index (χ4v) is 6.14. The van der Waals surface area contributed by atoms with Crippen LogP contribution in [-0.2, 0) is 35.8 Å². The fraction of sp³-hybridized carbons (Fsp3) is 0.407. The van der Waals surface area contributed by atoms with E-state index in [9.17, 15) is 26.4 Å². The zero-order valence-corrected chi connectivity index (χ0v) is 24.5. The predicted molar refractivity (Wildman–Crippen MR) is 148 cm³/mol. The van der Waals surface area contributed by atoms with Gasteiger partial charge in [-0.05, 0) is 75.4 Å². The first-order chi connectivity index (χ1) is 18.1. The van der Waals surface area contributed by atoms with Crippen molar-refractivity contribution >= 4 is 43.2 Å². The number of hydrogen-bond acceptors (Lipinski definition) is 8. The van der Waals surface area contributed by atoms with E-state index in [2.05, 4.69) is 4.72 Å². The number of sulfone groups is 1. The molecule has 3 rings (SSSR count). The number of benzene rings is 2. The van der Waals surface area contributed by atoms with Crippen LogP contribution in [0.15, 0.2) is 52.4 Å². The Morgan fingerprint density at radius 1 is 1.05 bits per heavy atom. The van der Waals surface area contributed by atoms with Gasteiger partial charge < -0.3 is 9.47 Å². The number of ether oxygens (including phenoxy) is 2. The van der Waals surface area contributed by atoms with Gasteiger partial charge in [-0.25, -0.2) is 26.4 Å². The number of carbonyl (C=O) groups is 2. The first-order valence-electron chi connectivity index (χ1n) is 12.3. The molecular formula is C27H34N2O8S2. The molecule has 1 aliphatic heterocycles. The highest BCUT2D eigenvalue weighted by atomic mass is 32.2. The zero-order valence-electron chi connectivity index (χ0n) is 22.9. The number of hydrogen-bond donors (Lipinski definition) is 1. The van der Waals surface area contributed by atoms with Gasteiger partial charge in [-0.2, -0.15) is 0 Å². The summed E-state index contributed by atoms with van der Waals surface area (Å²) in [6, 6.07) is 8.42. The van der Waals surface area contributed by atoms with Gasteiger partial charge in [-0.1, -0.05) is 19.1 Å². The monoisotopic (exact) mass is 578 g/mol. The van der Waals surface area contributed by atoms with Crippen LogP contribution in [0.25, 0.3) is 5.57 Å². The molecule has 1 N–H and O–H groups in total. The van der Waals surface area contributed by atoms with E-state index in [4.69, 9.17) is 9.47 Å². The third kappa shape index (κ3) is 7.39. The first kappa shape index (κ1) is 30.2. The van der Waals surface area contributed by atoms with Gasteiger partial charge in [-0.15, -0.1) is 0 Å². The molecule has 0 radical (unpaired) electrons. The molecule has 2 aromatic carbocycles. The van der Waals surface area contributed by atoms with E-state index in [-0.39, 0.29) is 21.0 Å². The molecular weight excluding hydrogens is 544 g/mol. The van der Waals surface area contributed by atoms with Gasteiger partial charge in [0, 0.05) is 24.6 Å². The van der Waals surface area contributed by atoms with E-state index in [1.54, 1.807) is 33.9 Å². The molecule has 39 heavy (non-hydrogen) atoms. The Balaban J connectivity index is 2.13. The van der Waals surface area contributed by atoms with Gasteiger partial charge in [0.25, 0.3) is 10.0 Å². The average molecular weight is 579 g/mol. The summed E-state index contributed by atoms with van der Waals surface area (Å²) in [5, 5.41) is 0. The lowest BCUT2D eigenvalue weighted by atomic mass is 9.98. The number of esters is 1. The number of anilines is 1. The van der Waals surface area contributed by atoms with Crippen molar-refractivity contribution in [1.29, 1.82) is 0 Å². The van der Waals surface area contributed by atoms with Gasteiger partial charge in [0.05, 0.1) is 28.2 Å². The van der Waals surface area contributed by atoms with Crippen molar-refractivity contribution in [2.75, 3.05) is 24.6 Å². The molecule has 0 fully saturated rings. The Bertz CT molecular complexity index is 1520. The molecule has 1 amide bonds.